The smallest absolute Gasteiger partial charge is 0.296 e. The van der Waals surface area contributed by atoms with E-state index in [0.29, 0.717) is 11.1 Å². The maximum atomic E-state index is 13.6. The van der Waals surface area contributed by atoms with Crippen molar-refractivity contribution in [3.63, 3.8) is 0 Å². The van der Waals surface area contributed by atoms with E-state index in [0.717, 1.165) is 23.5 Å². The number of hydrogen-bond acceptors (Lipinski definition) is 2. The molecular weight excluding hydrogens is 376 g/mol. The van der Waals surface area contributed by atoms with Gasteiger partial charge in [0.25, 0.3) is 11.7 Å². The van der Waals surface area contributed by atoms with Gasteiger partial charge in [-0.1, -0.05) is 17.7 Å². The van der Waals surface area contributed by atoms with Crippen molar-refractivity contribution in [2.45, 2.75) is 31.9 Å². The lowest BCUT2D eigenvalue weighted by Crippen LogP contribution is -2.72. The Labute approximate surface area is 150 Å². The molecule has 2 aromatic rings. The molecule has 0 aliphatic heterocycles. The summed E-state index contributed by atoms with van der Waals surface area (Å²) >= 11 is 0. The zero-order valence-corrected chi connectivity index (χ0v) is 14.2. The molecule has 1 aromatic heterocycles. The van der Waals surface area contributed by atoms with E-state index < -0.39 is 29.7 Å². The molecule has 0 atom stereocenters. The van der Waals surface area contributed by atoms with Crippen molar-refractivity contribution < 1.29 is 36.1 Å². The lowest BCUT2D eigenvalue weighted by molar-refractivity contribution is -0.367. The number of pyridine rings is 1. The van der Waals surface area contributed by atoms with E-state index in [1.165, 1.54) is 36.6 Å². The van der Waals surface area contributed by atoms with Gasteiger partial charge >= 0.3 is 18.0 Å². The van der Waals surface area contributed by atoms with E-state index in [4.69, 9.17) is 0 Å². The highest BCUT2D eigenvalue weighted by Crippen LogP contribution is 2.43. The zero-order valence-electron chi connectivity index (χ0n) is 14.2. The summed E-state index contributed by atoms with van der Waals surface area (Å²) in [6.45, 7) is 3.15. The number of carbonyl (C=O) groups excluding carboxylic acids is 1. The van der Waals surface area contributed by atoms with E-state index in [-0.39, 0.29) is 5.56 Å². The van der Waals surface area contributed by atoms with Crippen LogP contribution in [0.15, 0.2) is 42.6 Å². The van der Waals surface area contributed by atoms with Gasteiger partial charge in [-0.25, -0.2) is 10.3 Å². The summed E-state index contributed by atoms with van der Waals surface area (Å²) in [5, 5.41) is 2.48. The Morgan fingerprint density at radius 2 is 1.44 bits per heavy atom. The first-order valence-electron chi connectivity index (χ1n) is 7.65. The van der Waals surface area contributed by atoms with Crippen molar-refractivity contribution in [3.05, 3.63) is 59.3 Å². The number of H-pyrrole nitrogens is 1. The van der Waals surface area contributed by atoms with Gasteiger partial charge < -0.3 is 0 Å². The van der Waals surface area contributed by atoms with Crippen LogP contribution in [0.4, 0.5) is 32.2 Å². The Hall–Kier alpha value is -2.78. The Kier molecular flexibility index (Phi) is 5.39. The van der Waals surface area contributed by atoms with Crippen LogP contribution in [-0.4, -0.2) is 23.9 Å². The van der Waals surface area contributed by atoms with Gasteiger partial charge in [-0.15, -0.1) is 0 Å². The molecule has 4 nitrogen and oxygen atoms in total. The van der Waals surface area contributed by atoms with Gasteiger partial charge in [-0.2, -0.15) is 26.3 Å². The minimum Gasteiger partial charge on any atom is -0.296 e. The normalized spacial score (nSPS) is 12.6. The van der Waals surface area contributed by atoms with Crippen LogP contribution in [0.5, 0.6) is 0 Å². The molecule has 1 amide bonds. The molecule has 27 heavy (non-hydrogen) atoms. The van der Waals surface area contributed by atoms with Crippen LogP contribution in [0.1, 0.15) is 21.5 Å². The van der Waals surface area contributed by atoms with Crippen LogP contribution in [0.3, 0.4) is 0 Å². The topological polar surface area (TPSA) is 55.3 Å². The van der Waals surface area contributed by atoms with Crippen molar-refractivity contribution >= 4 is 11.7 Å². The molecule has 0 unspecified atom stereocenters. The third-order valence-corrected chi connectivity index (χ3v) is 3.74. The van der Waals surface area contributed by atoms with E-state index >= 15 is 0 Å². The van der Waals surface area contributed by atoms with Crippen LogP contribution in [0, 0.1) is 13.8 Å². The predicted molar refractivity (Wildman–Crippen MR) is 84.8 cm³/mol. The molecule has 3 N–H and O–H groups in total. The number of aryl methyl sites for hydroxylation is 2. The summed E-state index contributed by atoms with van der Waals surface area (Å²) in [5.41, 5.74) is -3.92. The second-order valence-corrected chi connectivity index (χ2v) is 5.97. The number of halogens is 6. The average Bonchev–Trinajstić information content (AvgIpc) is 2.52. The van der Waals surface area contributed by atoms with E-state index in [1.54, 1.807) is 6.92 Å². The van der Waals surface area contributed by atoms with Crippen LogP contribution in [0.2, 0.25) is 0 Å². The minimum absolute atomic E-state index is 0.339. The number of rotatable bonds is 4. The first-order chi connectivity index (χ1) is 12.4. The Morgan fingerprint density at radius 3 is 1.93 bits per heavy atom. The van der Waals surface area contributed by atoms with Crippen molar-refractivity contribution in [2.24, 2.45) is 0 Å². The molecule has 0 bridgehead atoms. The van der Waals surface area contributed by atoms with Gasteiger partial charge in [0.1, 0.15) is 0 Å². The maximum absolute atomic E-state index is 13.6. The largest absolute Gasteiger partial charge is 0.462 e. The number of amides is 1. The quantitative estimate of drug-likeness (QED) is 0.615. The molecule has 1 heterocycles. The van der Waals surface area contributed by atoms with Crippen LogP contribution >= 0.6 is 0 Å². The van der Waals surface area contributed by atoms with Crippen molar-refractivity contribution in [3.8, 4) is 0 Å². The minimum atomic E-state index is -5.89. The Balaban J connectivity index is 2.51. The molecule has 10 heteroatoms. The van der Waals surface area contributed by atoms with Crippen LogP contribution < -0.4 is 15.6 Å². The standard InChI is InChI=1S/C17H15F6N3O/c1-10-3-5-12(6-4-10)14(27)26-15(16(18,19)20,17(21,22)23)25-13-9-11(2)7-8-24-13/h3-9H,1-2H3,(H,24,25)(H,26,27)/p+1. The third-order valence-electron chi connectivity index (χ3n) is 3.74. The summed E-state index contributed by atoms with van der Waals surface area (Å²) < 4.78 is 81.5. The molecule has 0 radical (unpaired) electrons. The van der Waals surface area contributed by atoms with Gasteiger partial charge in [-0.3, -0.25) is 10.1 Å². The molecule has 0 aliphatic rings. The number of aromatic amines is 1. The summed E-state index contributed by atoms with van der Waals surface area (Å²) in [7, 11) is 0. The SMILES string of the molecule is Cc1ccc(C(=O)NC(Nc2cc(C)cc[nH+]2)(C(F)(F)F)C(F)(F)F)cc1. The lowest BCUT2D eigenvalue weighted by atomic mass is 10.1. The van der Waals surface area contributed by atoms with E-state index in [9.17, 15) is 31.1 Å². The second kappa shape index (κ2) is 7.09. The predicted octanol–water partition coefficient (Wildman–Crippen LogP) is 3.78. The second-order valence-electron chi connectivity index (χ2n) is 5.97. The lowest BCUT2D eigenvalue weighted by Gasteiger charge is -2.34. The summed E-state index contributed by atoms with van der Waals surface area (Å²) in [6.07, 6.45) is -10.6. The number of hydrogen-bond donors (Lipinski definition) is 2. The molecule has 0 aliphatic carbocycles. The molecule has 0 saturated heterocycles. The number of benzene rings is 1. The molecular formula is C17H16F6N3O+. The fraction of sp³-hybridized carbons (Fsp3) is 0.294. The molecule has 0 fully saturated rings. The number of anilines is 1. The number of nitrogens with one attached hydrogen (secondary N) is 3. The number of carbonyl (C=O) groups is 1. The van der Waals surface area contributed by atoms with E-state index in [1.807, 2.05) is 0 Å². The van der Waals surface area contributed by atoms with Crippen molar-refractivity contribution in [2.75, 3.05) is 5.32 Å². The van der Waals surface area contributed by atoms with Gasteiger partial charge in [-0.05, 0) is 37.6 Å². The fourth-order valence-corrected chi connectivity index (χ4v) is 2.28. The average molecular weight is 392 g/mol. The highest BCUT2D eigenvalue weighted by atomic mass is 19.4. The zero-order chi connectivity index (χ0) is 20.5. The summed E-state index contributed by atoms with van der Waals surface area (Å²) in [5.74, 6) is -2.08. The maximum Gasteiger partial charge on any atom is 0.462 e. The fourth-order valence-electron chi connectivity index (χ4n) is 2.28. The van der Waals surface area contributed by atoms with Gasteiger partial charge in [0.2, 0.25) is 0 Å². The first-order valence-corrected chi connectivity index (χ1v) is 7.65. The number of aromatic nitrogens is 1. The highest BCUT2D eigenvalue weighted by molar-refractivity contribution is 5.95. The molecule has 0 saturated carbocycles. The Morgan fingerprint density at radius 1 is 0.889 bits per heavy atom. The monoisotopic (exact) mass is 392 g/mol. The number of alkyl halides is 6. The molecule has 2 rings (SSSR count). The summed E-state index contributed by atoms with van der Waals surface area (Å²) in [4.78, 5) is 14.4. The highest BCUT2D eigenvalue weighted by Gasteiger charge is 2.76. The van der Waals surface area contributed by atoms with Crippen LogP contribution in [0.25, 0.3) is 0 Å². The molecule has 0 spiro atoms. The van der Waals surface area contributed by atoms with Crippen molar-refractivity contribution in [1.82, 2.24) is 5.32 Å². The molecule has 146 valence electrons. The van der Waals surface area contributed by atoms with Crippen molar-refractivity contribution in [1.29, 1.82) is 0 Å². The Bertz CT molecular complexity index is 801. The van der Waals surface area contributed by atoms with Gasteiger partial charge in [0.15, 0.2) is 0 Å². The molecule has 1 aromatic carbocycles. The van der Waals surface area contributed by atoms with Gasteiger partial charge in [0, 0.05) is 11.6 Å². The van der Waals surface area contributed by atoms with E-state index in [2.05, 4.69) is 4.98 Å². The van der Waals surface area contributed by atoms with Crippen LogP contribution in [-0.2, 0) is 0 Å². The first kappa shape index (κ1) is 20.5. The third kappa shape index (κ3) is 4.32. The summed E-state index contributed by atoms with van der Waals surface area (Å²) in [6, 6.07) is 7.60. The van der Waals surface area contributed by atoms with Gasteiger partial charge in [0.05, 0.1) is 6.20 Å².